The molecular weight excluding hydrogens is 320 g/mol. The highest BCUT2D eigenvalue weighted by Gasteiger charge is 2.16. The van der Waals surface area contributed by atoms with Crippen LogP contribution in [-0.2, 0) is 21.1 Å². The number of nitrogens with one attached hydrogen (secondary N) is 1. The molecule has 5 nitrogen and oxygen atoms in total. The van der Waals surface area contributed by atoms with Crippen LogP contribution in [0.4, 0.5) is 0 Å². The Balaban J connectivity index is 1.78. The van der Waals surface area contributed by atoms with Gasteiger partial charge in [-0.15, -0.1) is 11.3 Å². The van der Waals surface area contributed by atoms with E-state index in [4.69, 9.17) is 0 Å². The van der Waals surface area contributed by atoms with E-state index in [1.807, 2.05) is 12.3 Å². The fraction of sp³-hybridized carbons (Fsp3) is 0.333. The zero-order valence-electron chi connectivity index (χ0n) is 12.3. The number of hydrogen-bond acceptors (Lipinski definition) is 5. The largest absolute Gasteiger partial charge is 0.356 e. The molecule has 2 rings (SSSR count). The molecular formula is C15H18N2O3S2. The van der Waals surface area contributed by atoms with Crippen LogP contribution in [0, 0.1) is 6.92 Å². The monoisotopic (exact) mass is 338 g/mol. The second-order valence-corrected chi connectivity index (χ2v) is 7.79. The number of rotatable bonds is 7. The Labute approximate surface area is 134 Å². The Morgan fingerprint density at radius 1 is 1.27 bits per heavy atom. The Hall–Kier alpha value is -1.73. The maximum Gasteiger partial charge on any atom is 0.221 e. The van der Waals surface area contributed by atoms with E-state index in [1.165, 1.54) is 11.3 Å². The molecule has 0 saturated carbocycles. The first kappa shape index (κ1) is 16.6. The lowest BCUT2D eigenvalue weighted by molar-refractivity contribution is -0.120. The molecule has 0 bridgehead atoms. The Morgan fingerprint density at radius 2 is 2.00 bits per heavy atom. The number of aromatic nitrogens is 1. The van der Waals surface area contributed by atoms with Crippen LogP contribution in [0.3, 0.4) is 0 Å². The van der Waals surface area contributed by atoms with Crippen molar-refractivity contribution in [3.63, 3.8) is 0 Å². The third-order valence-corrected chi connectivity index (χ3v) is 5.53. The fourth-order valence-electron chi connectivity index (χ4n) is 1.87. The zero-order chi connectivity index (χ0) is 16.0. The van der Waals surface area contributed by atoms with Gasteiger partial charge in [-0.25, -0.2) is 13.4 Å². The van der Waals surface area contributed by atoms with Crippen molar-refractivity contribution in [2.24, 2.45) is 0 Å². The minimum atomic E-state index is -3.41. The third-order valence-electron chi connectivity index (χ3n) is 3.16. The standard InChI is InChI=1S/C15H18N2O3S2/c1-12-2-4-14(5-3-12)22(19,20)9-7-15(18)16-8-6-13-10-21-11-17-13/h2-5,10-11H,6-9H2,1H3,(H,16,18). The van der Waals surface area contributed by atoms with Crippen LogP contribution in [0.2, 0.25) is 0 Å². The number of hydrogen-bond donors (Lipinski definition) is 1. The van der Waals surface area contributed by atoms with Gasteiger partial charge in [0.25, 0.3) is 0 Å². The topological polar surface area (TPSA) is 76.1 Å². The number of sulfone groups is 1. The maximum absolute atomic E-state index is 12.1. The second-order valence-electron chi connectivity index (χ2n) is 4.96. The summed E-state index contributed by atoms with van der Waals surface area (Å²) >= 11 is 1.51. The summed E-state index contributed by atoms with van der Waals surface area (Å²) < 4.78 is 24.2. The van der Waals surface area contributed by atoms with Crippen molar-refractivity contribution < 1.29 is 13.2 Å². The molecule has 1 heterocycles. The van der Waals surface area contributed by atoms with Gasteiger partial charge in [-0.3, -0.25) is 4.79 Å². The summed E-state index contributed by atoms with van der Waals surface area (Å²) in [5.41, 5.74) is 3.67. The molecule has 0 aliphatic carbocycles. The van der Waals surface area contributed by atoms with Crippen molar-refractivity contribution in [3.8, 4) is 0 Å². The lowest BCUT2D eigenvalue weighted by atomic mass is 10.2. The van der Waals surface area contributed by atoms with Crippen LogP contribution in [0.25, 0.3) is 0 Å². The molecule has 0 fully saturated rings. The van der Waals surface area contributed by atoms with Crippen LogP contribution in [-0.4, -0.2) is 31.6 Å². The van der Waals surface area contributed by atoms with Gasteiger partial charge in [0.05, 0.1) is 21.9 Å². The second kappa shape index (κ2) is 7.51. The molecule has 1 N–H and O–H groups in total. The predicted octanol–water partition coefficient (Wildman–Crippen LogP) is 1.97. The quantitative estimate of drug-likeness (QED) is 0.837. The molecule has 0 spiro atoms. The third kappa shape index (κ3) is 4.92. The van der Waals surface area contributed by atoms with Gasteiger partial charge in [0, 0.05) is 24.8 Å². The van der Waals surface area contributed by atoms with Gasteiger partial charge in [-0.1, -0.05) is 17.7 Å². The van der Waals surface area contributed by atoms with E-state index in [2.05, 4.69) is 10.3 Å². The number of nitrogens with zero attached hydrogens (tertiary/aromatic N) is 1. The van der Waals surface area contributed by atoms with Crippen molar-refractivity contribution in [1.82, 2.24) is 10.3 Å². The number of carbonyl (C=O) groups is 1. The average Bonchev–Trinajstić information content (AvgIpc) is 2.99. The van der Waals surface area contributed by atoms with E-state index in [0.717, 1.165) is 11.3 Å². The molecule has 2 aromatic rings. The summed E-state index contributed by atoms with van der Waals surface area (Å²) in [5, 5.41) is 4.64. The summed E-state index contributed by atoms with van der Waals surface area (Å²) in [5.74, 6) is -0.440. The van der Waals surface area contributed by atoms with Crippen LogP contribution >= 0.6 is 11.3 Å². The molecule has 0 unspecified atom stereocenters. The first-order chi connectivity index (χ1) is 10.5. The number of thiazole rings is 1. The summed E-state index contributed by atoms with van der Waals surface area (Å²) in [6.07, 6.45) is 0.618. The molecule has 118 valence electrons. The van der Waals surface area contributed by atoms with E-state index in [-0.39, 0.29) is 23.0 Å². The van der Waals surface area contributed by atoms with E-state index in [9.17, 15) is 13.2 Å². The number of carbonyl (C=O) groups excluding carboxylic acids is 1. The summed E-state index contributed by atoms with van der Waals surface area (Å²) in [4.78, 5) is 16.1. The van der Waals surface area contributed by atoms with Crippen molar-refractivity contribution in [2.45, 2.75) is 24.7 Å². The van der Waals surface area contributed by atoms with Crippen LogP contribution in [0.5, 0.6) is 0 Å². The average molecular weight is 338 g/mol. The van der Waals surface area contributed by atoms with Gasteiger partial charge in [0.2, 0.25) is 5.91 Å². The fourth-order valence-corrected chi connectivity index (χ4v) is 3.70. The molecule has 7 heteroatoms. The minimum absolute atomic E-state index is 0.0344. The van der Waals surface area contributed by atoms with Gasteiger partial charge in [-0.05, 0) is 19.1 Å². The number of amides is 1. The molecule has 0 aliphatic heterocycles. The highest BCUT2D eigenvalue weighted by atomic mass is 32.2. The molecule has 0 saturated heterocycles. The smallest absolute Gasteiger partial charge is 0.221 e. The summed E-state index contributed by atoms with van der Waals surface area (Å²) in [6.45, 7) is 2.36. The first-order valence-corrected chi connectivity index (χ1v) is 9.50. The van der Waals surface area contributed by atoms with Crippen LogP contribution in [0.1, 0.15) is 17.7 Å². The number of benzene rings is 1. The van der Waals surface area contributed by atoms with E-state index in [0.29, 0.717) is 13.0 Å². The highest BCUT2D eigenvalue weighted by molar-refractivity contribution is 7.91. The van der Waals surface area contributed by atoms with Gasteiger partial charge >= 0.3 is 0 Å². The first-order valence-electron chi connectivity index (χ1n) is 6.90. The maximum atomic E-state index is 12.1. The Kier molecular flexibility index (Phi) is 5.68. The zero-order valence-corrected chi connectivity index (χ0v) is 13.9. The molecule has 1 aromatic carbocycles. The van der Waals surface area contributed by atoms with Crippen molar-refractivity contribution in [2.75, 3.05) is 12.3 Å². The summed E-state index contributed by atoms with van der Waals surface area (Å²) in [6, 6.07) is 6.65. The van der Waals surface area contributed by atoms with E-state index >= 15 is 0 Å². The molecule has 0 radical (unpaired) electrons. The van der Waals surface area contributed by atoms with Gasteiger partial charge in [0.15, 0.2) is 9.84 Å². The lowest BCUT2D eigenvalue weighted by Gasteiger charge is -2.06. The molecule has 0 atom stereocenters. The molecule has 1 amide bonds. The minimum Gasteiger partial charge on any atom is -0.356 e. The summed E-state index contributed by atoms with van der Waals surface area (Å²) in [7, 11) is -3.41. The highest BCUT2D eigenvalue weighted by Crippen LogP contribution is 2.13. The van der Waals surface area contributed by atoms with Crippen molar-refractivity contribution >= 4 is 27.1 Å². The van der Waals surface area contributed by atoms with Gasteiger partial charge in [0.1, 0.15) is 0 Å². The number of aryl methyl sites for hydroxylation is 1. The predicted molar refractivity (Wildman–Crippen MR) is 86.7 cm³/mol. The Bertz CT molecular complexity index is 708. The van der Waals surface area contributed by atoms with Gasteiger partial charge in [-0.2, -0.15) is 0 Å². The van der Waals surface area contributed by atoms with E-state index in [1.54, 1.807) is 29.8 Å². The van der Waals surface area contributed by atoms with Crippen molar-refractivity contribution in [1.29, 1.82) is 0 Å². The van der Waals surface area contributed by atoms with E-state index < -0.39 is 9.84 Å². The van der Waals surface area contributed by atoms with Crippen LogP contribution in [0.15, 0.2) is 40.1 Å². The Morgan fingerprint density at radius 3 is 2.64 bits per heavy atom. The van der Waals surface area contributed by atoms with Gasteiger partial charge < -0.3 is 5.32 Å². The lowest BCUT2D eigenvalue weighted by Crippen LogP contribution is -2.27. The molecule has 1 aromatic heterocycles. The normalized spacial score (nSPS) is 11.3. The van der Waals surface area contributed by atoms with Crippen molar-refractivity contribution in [3.05, 3.63) is 46.4 Å². The molecule has 0 aliphatic rings. The van der Waals surface area contributed by atoms with Crippen LogP contribution < -0.4 is 5.32 Å². The SMILES string of the molecule is Cc1ccc(S(=O)(=O)CCC(=O)NCCc2cscn2)cc1. The molecule has 22 heavy (non-hydrogen) atoms.